The summed E-state index contributed by atoms with van der Waals surface area (Å²) in [4.78, 5) is 16.6. The number of piperazine rings is 1. The van der Waals surface area contributed by atoms with E-state index in [1.54, 1.807) is 7.11 Å². The lowest BCUT2D eigenvalue weighted by Crippen LogP contribution is -2.54. The molecule has 0 spiro atoms. The highest BCUT2D eigenvalue weighted by atomic mass is 16.5. The minimum absolute atomic E-state index is 0.0306. The Balaban J connectivity index is 2.31. The average molecular weight is 257 g/mol. The van der Waals surface area contributed by atoms with Crippen molar-refractivity contribution in [3.8, 4) is 0 Å². The van der Waals surface area contributed by atoms with Gasteiger partial charge in [0.2, 0.25) is 5.91 Å². The minimum Gasteiger partial charge on any atom is -0.383 e. The number of nitrogens with zero attached hydrogens (tertiary/aromatic N) is 2. The van der Waals surface area contributed by atoms with E-state index in [1.807, 2.05) is 20.8 Å². The second-order valence-electron chi connectivity index (χ2n) is 5.21. The molecule has 0 aromatic rings. The van der Waals surface area contributed by atoms with Gasteiger partial charge in [-0.1, -0.05) is 0 Å². The fourth-order valence-electron chi connectivity index (χ4n) is 2.17. The highest BCUT2D eigenvalue weighted by Gasteiger charge is 2.25. The Morgan fingerprint density at radius 3 is 2.33 bits per heavy atom. The van der Waals surface area contributed by atoms with Gasteiger partial charge in [0.1, 0.15) is 0 Å². The molecule has 0 saturated carbocycles. The van der Waals surface area contributed by atoms with Crippen molar-refractivity contribution < 1.29 is 9.53 Å². The lowest BCUT2D eigenvalue weighted by atomic mass is 10.2. The predicted octanol–water partition coefficient (Wildman–Crippen LogP) is 0.164. The van der Waals surface area contributed by atoms with Crippen LogP contribution in [0, 0.1) is 0 Å². The first-order valence-corrected chi connectivity index (χ1v) is 6.80. The molecule has 1 fully saturated rings. The number of hydrogen-bond donors (Lipinski definition) is 1. The monoisotopic (exact) mass is 257 g/mol. The molecule has 1 unspecified atom stereocenters. The van der Waals surface area contributed by atoms with Crippen LogP contribution in [0.4, 0.5) is 0 Å². The molecule has 0 radical (unpaired) electrons. The van der Waals surface area contributed by atoms with Crippen LogP contribution in [-0.4, -0.2) is 74.2 Å². The van der Waals surface area contributed by atoms with Gasteiger partial charge in [-0.3, -0.25) is 14.6 Å². The Kier molecular flexibility index (Phi) is 6.60. The van der Waals surface area contributed by atoms with Crippen LogP contribution in [0.1, 0.15) is 20.8 Å². The fraction of sp³-hybridized carbons (Fsp3) is 0.923. The molecule has 1 rings (SSSR count). The van der Waals surface area contributed by atoms with Crippen LogP contribution >= 0.6 is 0 Å². The predicted molar refractivity (Wildman–Crippen MR) is 72.6 cm³/mol. The number of amides is 1. The van der Waals surface area contributed by atoms with Gasteiger partial charge in [0.15, 0.2) is 0 Å². The summed E-state index contributed by atoms with van der Waals surface area (Å²) < 4.78 is 5.08. The number of nitrogens with one attached hydrogen (secondary N) is 1. The van der Waals surface area contributed by atoms with Gasteiger partial charge in [0.05, 0.1) is 12.6 Å². The third-order valence-corrected chi connectivity index (χ3v) is 3.38. The van der Waals surface area contributed by atoms with E-state index >= 15 is 0 Å². The maximum Gasteiger partial charge on any atom is 0.237 e. The standard InChI is InChI=1S/C13H27N3O2/c1-11(2)14-13(17)12(3)16-7-5-15(6-8-16)9-10-18-4/h11-12H,5-10H2,1-4H3,(H,14,17). The molecule has 1 amide bonds. The van der Waals surface area contributed by atoms with Crippen molar-refractivity contribution in [3.05, 3.63) is 0 Å². The first-order chi connectivity index (χ1) is 8.54. The highest BCUT2D eigenvalue weighted by Crippen LogP contribution is 2.06. The van der Waals surface area contributed by atoms with Crippen molar-refractivity contribution in [2.24, 2.45) is 0 Å². The fourth-order valence-corrected chi connectivity index (χ4v) is 2.17. The number of carbonyl (C=O) groups is 1. The van der Waals surface area contributed by atoms with Crippen LogP contribution in [0.2, 0.25) is 0 Å². The van der Waals surface area contributed by atoms with Crippen LogP contribution < -0.4 is 5.32 Å². The molecule has 0 bridgehead atoms. The molecule has 18 heavy (non-hydrogen) atoms. The largest absolute Gasteiger partial charge is 0.383 e. The van der Waals surface area contributed by atoms with Crippen molar-refractivity contribution >= 4 is 5.91 Å². The molecular weight excluding hydrogens is 230 g/mol. The second-order valence-corrected chi connectivity index (χ2v) is 5.21. The topological polar surface area (TPSA) is 44.8 Å². The van der Waals surface area contributed by atoms with Gasteiger partial charge in [0, 0.05) is 45.9 Å². The van der Waals surface area contributed by atoms with E-state index < -0.39 is 0 Å². The summed E-state index contributed by atoms with van der Waals surface area (Å²) >= 11 is 0. The zero-order valence-electron chi connectivity index (χ0n) is 12.1. The Hall–Kier alpha value is -0.650. The molecule has 1 aliphatic rings. The molecular formula is C13H27N3O2. The second kappa shape index (κ2) is 7.71. The third-order valence-electron chi connectivity index (χ3n) is 3.38. The van der Waals surface area contributed by atoms with Crippen LogP contribution in [0.5, 0.6) is 0 Å². The van der Waals surface area contributed by atoms with Gasteiger partial charge in [-0.05, 0) is 20.8 Å². The number of methoxy groups -OCH3 is 1. The summed E-state index contributed by atoms with van der Waals surface area (Å²) in [5.41, 5.74) is 0. The van der Waals surface area contributed by atoms with Crippen molar-refractivity contribution in [2.45, 2.75) is 32.9 Å². The van der Waals surface area contributed by atoms with Gasteiger partial charge < -0.3 is 10.1 Å². The normalized spacial score (nSPS) is 20.1. The highest BCUT2D eigenvalue weighted by molar-refractivity contribution is 5.81. The lowest BCUT2D eigenvalue weighted by molar-refractivity contribution is -0.127. The molecule has 5 nitrogen and oxygen atoms in total. The van der Waals surface area contributed by atoms with E-state index in [1.165, 1.54) is 0 Å². The summed E-state index contributed by atoms with van der Waals surface area (Å²) in [6.07, 6.45) is 0. The van der Waals surface area contributed by atoms with E-state index in [4.69, 9.17) is 4.74 Å². The summed E-state index contributed by atoms with van der Waals surface area (Å²) in [6.45, 7) is 11.7. The van der Waals surface area contributed by atoms with Crippen LogP contribution in [0.25, 0.3) is 0 Å². The quantitative estimate of drug-likeness (QED) is 0.736. The zero-order chi connectivity index (χ0) is 13.5. The van der Waals surface area contributed by atoms with Gasteiger partial charge >= 0.3 is 0 Å². The van der Waals surface area contributed by atoms with Crippen LogP contribution in [-0.2, 0) is 9.53 Å². The van der Waals surface area contributed by atoms with Crippen LogP contribution in [0.3, 0.4) is 0 Å². The molecule has 0 aromatic heterocycles. The third kappa shape index (κ3) is 4.92. The van der Waals surface area contributed by atoms with E-state index in [9.17, 15) is 4.79 Å². The lowest BCUT2D eigenvalue weighted by Gasteiger charge is -2.37. The molecule has 5 heteroatoms. The van der Waals surface area contributed by atoms with Gasteiger partial charge in [0.25, 0.3) is 0 Å². The first-order valence-electron chi connectivity index (χ1n) is 6.80. The Labute approximate surface area is 110 Å². The Bertz CT molecular complexity index is 251. The van der Waals surface area contributed by atoms with Crippen molar-refractivity contribution in [1.29, 1.82) is 0 Å². The summed E-state index contributed by atoms with van der Waals surface area (Å²) in [6, 6.07) is 0.180. The molecule has 106 valence electrons. The SMILES string of the molecule is COCCN1CCN(C(C)C(=O)NC(C)C)CC1. The maximum atomic E-state index is 11.9. The van der Waals surface area contributed by atoms with Gasteiger partial charge in [-0.15, -0.1) is 0 Å². The smallest absolute Gasteiger partial charge is 0.237 e. The van der Waals surface area contributed by atoms with E-state index in [0.29, 0.717) is 0 Å². The summed E-state index contributed by atoms with van der Waals surface area (Å²) in [7, 11) is 1.73. The minimum atomic E-state index is -0.0306. The van der Waals surface area contributed by atoms with Crippen molar-refractivity contribution in [3.63, 3.8) is 0 Å². The molecule has 1 atom stereocenters. The number of rotatable bonds is 6. The Morgan fingerprint density at radius 1 is 1.22 bits per heavy atom. The maximum absolute atomic E-state index is 11.9. The summed E-state index contributed by atoms with van der Waals surface area (Å²) in [5.74, 6) is 0.135. The number of hydrogen-bond acceptors (Lipinski definition) is 4. The number of ether oxygens (including phenoxy) is 1. The molecule has 1 heterocycles. The number of carbonyl (C=O) groups excluding carboxylic acids is 1. The van der Waals surface area contributed by atoms with Gasteiger partial charge in [-0.25, -0.2) is 0 Å². The van der Waals surface area contributed by atoms with Crippen molar-refractivity contribution in [2.75, 3.05) is 46.4 Å². The molecule has 1 saturated heterocycles. The molecule has 1 aliphatic heterocycles. The average Bonchev–Trinajstić information content (AvgIpc) is 2.35. The van der Waals surface area contributed by atoms with Gasteiger partial charge in [-0.2, -0.15) is 0 Å². The molecule has 0 aliphatic carbocycles. The van der Waals surface area contributed by atoms with Crippen LogP contribution in [0.15, 0.2) is 0 Å². The Morgan fingerprint density at radius 2 is 1.83 bits per heavy atom. The van der Waals surface area contributed by atoms with E-state index in [2.05, 4.69) is 15.1 Å². The van der Waals surface area contributed by atoms with E-state index in [-0.39, 0.29) is 18.0 Å². The first kappa shape index (κ1) is 15.4. The summed E-state index contributed by atoms with van der Waals surface area (Å²) in [5, 5.41) is 2.97. The zero-order valence-corrected chi connectivity index (χ0v) is 12.1. The molecule has 0 aromatic carbocycles. The molecule has 1 N–H and O–H groups in total. The van der Waals surface area contributed by atoms with E-state index in [0.717, 1.165) is 39.3 Å². The van der Waals surface area contributed by atoms with Crippen molar-refractivity contribution in [1.82, 2.24) is 15.1 Å².